The predicted octanol–water partition coefficient (Wildman–Crippen LogP) is 1.86. The molecule has 1 aromatic heterocycles. The van der Waals surface area contributed by atoms with Crippen molar-refractivity contribution in [2.24, 2.45) is 0 Å². The average molecular weight is 331 g/mol. The number of aromatic nitrogens is 4. The number of hydrogen-bond donors (Lipinski definition) is 0. The Labute approximate surface area is 142 Å². The second-order valence-electron chi connectivity index (χ2n) is 6.91. The van der Waals surface area contributed by atoms with Gasteiger partial charge in [0.05, 0.1) is 25.9 Å². The highest BCUT2D eigenvalue weighted by atomic mass is 16.5. The van der Waals surface area contributed by atoms with Crippen molar-refractivity contribution in [3.63, 3.8) is 0 Å². The van der Waals surface area contributed by atoms with Gasteiger partial charge in [0.1, 0.15) is 11.8 Å². The van der Waals surface area contributed by atoms with E-state index in [2.05, 4.69) is 47.3 Å². The summed E-state index contributed by atoms with van der Waals surface area (Å²) < 4.78 is 13.0. The van der Waals surface area contributed by atoms with E-state index in [-0.39, 0.29) is 11.6 Å². The van der Waals surface area contributed by atoms with Crippen molar-refractivity contribution in [3.05, 3.63) is 35.7 Å². The van der Waals surface area contributed by atoms with E-state index in [1.165, 1.54) is 0 Å². The number of methoxy groups -OCH3 is 1. The van der Waals surface area contributed by atoms with Crippen molar-refractivity contribution in [1.29, 1.82) is 0 Å². The van der Waals surface area contributed by atoms with Gasteiger partial charge in [0.25, 0.3) is 0 Å². The Kier molecular flexibility index (Phi) is 4.82. The van der Waals surface area contributed by atoms with Crippen molar-refractivity contribution >= 4 is 0 Å². The Bertz CT molecular complexity index is 674. The number of benzene rings is 1. The summed E-state index contributed by atoms with van der Waals surface area (Å²) in [6, 6.07) is 8.00. The lowest BCUT2D eigenvalue weighted by Gasteiger charge is -2.35. The number of ether oxygens (including phenoxy) is 2. The molecule has 3 rings (SSSR count). The van der Waals surface area contributed by atoms with Gasteiger partial charge in [0, 0.05) is 18.7 Å². The van der Waals surface area contributed by atoms with E-state index in [0.717, 1.165) is 30.2 Å². The van der Waals surface area contributed by atoms with E-state index in [4.69, 9.17) is 9.47 Å². The summed E-state index contributed by atoms with van der Waals surface area (Å²) in [4.78, 5) is 2.36. The summed E-state index contributed by atoms with van der Waals surface area (Å²) in [5.74, 6) is 1.67. The first-order chi connectivity index (χ1) is 11.5. The fourth-order valence-corrected chi connectivity index (χ4v) is 3.07. The third kappa shape index (κ3) is 3.27. The van der Waals surface area contributed by atoms with Crippen LogP contribution < -0.4 is 4.74 Å². The third-order valence-electron chi connectivity index (χ3n) is 4.22. The average Bonchev–Trinajstić information content (AvgIpc) is 3.06. The van der Waals surface area contributed by atoms with Gasteiger partial charge in [-0.25, -0.2) is 4.68 Å². The maximum atomic E-state index is 5.60. The van der Waals surface area contributed by atoms with Crippen molar-refractivity contribution in [2.75, 3.05) is 33.4 Å². The van der Waals surface area contributed by atoms with Gasteiger partial charge in [-0.1, -0.05) is 18.2 Å². The smallest absolute Gasteiger partial charge is 0.173 e. The minimum Gasteiger partial charge on any atom is -0.496 e. The molecule has 24 heavy (non-hydrogen) atoms. The summed E-state index contributed by atoms with van der Waals surface area (Å²) in [5.41, 5.74) is 0.868. The summed E-state index contributed by atoms with van der Waals surface area (Å²) in [6.07, 6.45) is 0. The summed E-state index contributed by atoms with van der Waals surface area (Å²) >= 11 is 0. The van der Waals surface area contributed by atoms with Gasteiger partial charge in [-0.3, -0.25) is 4.90 Å². The Hall–Kier alpha value is -1.99. The monoisotopic (exact) mass is 331 g/mol. The number of morpholine rings is 1. The lowest BCUT2D eigenvalue weighted by molar-refractivity contribution is 0.0204. The van der Waals surface area contributed by atoms with Crippen LogP contribution in [-0.4, -0.2) is 58.5 Å². The standard InChI is InChI=1S/C17H25N5O2/c1-17(2,3)22-16(18-19-20-22)15(21-9-11-24-12-10-21)13-7-5-6-8-14(13)23-4/h5-8,15H,9-12H2,1-4H3. The van der Waals surface area contributed by atoms with Crippen LogP contribution in [0.1, 0.15) is 38.2 Å². The first-order valence-corrected chi connectivity index (χ1v) is 8.26. The third-order valence-corrected chi connectivity index (χ3v) is 4.22. The molecule has 2 aromatic rings. The molecule has 0 amide bonds. The van der Waals surface area contributed by atoms with Crippen LogP contribution in [0.4, 0.5) is 0 Å². The topological polar surface area (TPSA) is 65.3 Å². The molecule has 2 heterocycles. The molecule has 0 saturated carbocycles. The number of para-hydroxylation sites is 1. The Morgan fingerprint density at radius 3 is 2.54 bits per heavy atom. The number of nitrogens with zero attached hydrogens (tertiary/aromatic N) is 5. The highest BCUT2D eigenvalue weighted by molar-refractivity contribution is 5.39. The van der Waals surface area contributed by atoms with Gasteiger partial charge in [-0.05, 0) is 37.3 Å². The lowest BCUT2D eigenvalue weighted by atomic mass is 10.0. The molecule has 0 spiro atoms. The van der Waals surface area contributed by atoms with Crippen LogP contribution in [0.25, 0.3) is 0 Å². The molecule has 1 aromatic carbocycles. The molecule has 1 saturated heterocycles. The van der Waals surface area contributed by atoms with Crippen LogP contribution in [0.3, 0.4) is 0 Å². The summed E-state index contributed by atoms with van der Waals surface area (Å²) in [7, 11) is 1.70. The molecule has 0 radical (unpaired) electrons. The highest BCUT2D eigenvalue weighted by Crippen LogP contribution is 2.35. The highest BCUT2D eigenvalue weighted by Gasteiger charge is 2.33. The van der Waals surface area contributed by atoms with Crippen LogP contribution >= 0.6 is 0 Å². The molecule has 0 N–H and O–H groups in total. The van der Waals surface area contributed by atoms with Gasteiger partial charge in [-0.15, -0.1) is 5.10 Å². The largest absolute Gasteiger partial charge is 0.496 e. The van der Waals surface area contributed by atoms with E-state index in [1.54, 1.807) is 7.11 Å². The van der Waals surface area contributed by atoms with Gasteiger partial charge in [0.15, 0.2) is 5.82 Å². The fraction of sp³-hybridized carbons (Fsp3) is 0.588. The van der Waals surface area contributed by atoms with Crippen LogP contribution in [-0.2, 0) is 10.3 Å². The predicted molar refractivity (Wildman–Crippen MR) is 90.0 cm³/mol. The molecule has 0 aliphatic carbocycles. The van der Waals surface area contributed by atoms with E-state index >= 15 is 0 Å². The number of tetrazole rings is 1. The quantitative estimate of drug-likeness (QED) is 0.852. The second kappa shape index (κ2) is 6.86. The van der Waals surface area contributed by atoms with Crippen LogP contribution in [0.2, 0.25) is 0 Å². The number of rotatable bonds is 4. The number of hydrogen-bond acceptors (Lipinski definition) is 6. The normalized spacial score (nSPS) is 17.7. The molecular formula is C17H25N5O2. The second-order valence-corrected chi connectivity index (χ2v) is 6.91. The summed E-state index contributed by atoms with van der Waals surface area (Å²) in [6.45, 7) is 9.40. The van der Waals surface area contributed by atoms with E-state index in [9.17, 15) is 0 Å². The van der Waals surface area contributed by atoms with Crippen LogP contribution in [0, 0.1) is 0 Å². The Morgan fingerprint density at radius 1 is 1.17 bits per heavy atom. The molecular weight excluding hydrogens is 306 g/mol. The molecule has 7 nitrogen and oxygen atoms in total. The van der Waals surface area contributed by atoms with Crippen molar-refractivity contribution < 1.29 is 9.47 Å². The van der Waals surface area contributed by atoms with Gasteiger partial charge in [0.2, 0.25) is 0 Å². The van der Waals surface area contributed by atoms with Crippen LogP contribution in [0.15, 0.2) is 24.3 Å². The molecule has 1 aliphatic rings. The Morgan fingerprint density at radius 2 is 1.88 bits per heavy atom. The molecule has 1 fully saturated rings. The van der Waals surface area contributed by atoms with Crippen LogP contribution in [0.5, 0.6) is 5.75 Å². The zero-order valence-electron chi connectivity index (χ0n) is 14.8. The lowest BCUT2D eigenvalue weighted by Crippen LogP contribution is -2.41. The first kappa shape index (κ1) is 16.9. The minimum absolute atomic E-state index is 0.0701. The Balaban J connectivity index is 2.11. The van der Waals surface area contributed by atoms with Gasteiger partial charge >= 0.3 is 0 Å². The minimum atomic E-state index is -0.203. The molecule has 1 aliphatic heterocycles. The van der Waals surface area contributed by atoms with Crippen molar-refractivity contribution in [3.8, 4) is 5.75 Å². The first-order valence-electron chi connectivity index (χ1n) is 8.26. The molecule has 0 bridgehead atoms. The van der Waals surface area contributed by atoms with Crippen molar-refractivity contribution in [2.45, 2.75) is 32.4 Å². The zero-order valence-corrected chi connectivity index (χ0v) is 14.8. The van der Waals surface area contributed by atoms with Crippen molar-refractivity contribution in [1.82, 2.24) is 25.1 Å². The van der Waals surface area contributed by atoms with Gasteiger partial charge < -0.3 is 9.47 Å². The van der Waals surface area contributed by atoms with E-state index in [0.29, 0.717) is 13.2 Å². The maximum absolute atomic E-state index is 5.60. The fourth-order valence-electron chi connectivity index (χ4n) is 3.07. The zero-order chi connectivity index (χ0) is 17.2. The van der Waals surface area contributed by atoms with E-state index < -0.39 is 0 Å². The molecule has 7 heteroatoms. The van der Waals surface area contributed by atoms with E-state index in [1.807, 2.05) is 22.9 Å². The summed E-state index contributed by atoms with van der Waals surface area (Å²) in [5, 5.41) is 12.6. The molecule has 1 atom stereocenters. The molecule has 130 valence electrons. The molecule has 1 unspecified atom stereocenters. The maximum Gasteiger partial charge on any atom is 0.173 e. The SMILES string of the molecule is COc1ccccc1C(c1nnnn1C(C)(C)C)N1CCOCC1. The van der Waals surface area contributed by atoms with Gasteiger partial charge in [-0.2, -0.15) is 0 Å².